The van der Waals surface area contributed by atoms with Gasteiger partial charge in [0, 0.05) is 18.9 Å². The van der Waals surface area contributed by atoms with E-state index in [1.807, 2.05) is 25.2 Å². The summed E-state index contributed by atoms with van der Waals surface area (Å²) in [5.74, 6) is 1.68. The SMILES string of the molecule is CNCC(CO)c1ccc2c(c1)OCCCO2. The minimum atomic E-state index is 0.0946. The van der Waals surface area contributed by atoms with Gasteiger partial charge in [0.1, 0.15) is 0 Å². The van der Waals surface area contributed by atoms with E-state index in [9.17, 15) is 5.11 Å². The highest BCUT2D eigenvalue weighted by Crippen LogP contribution is 2.32. The fourth-order valence-electron chi connectivity index (χ4n) is 1.97. The van der Waals surface area contributed by atoms with Gasteiger partial charge in [-0.05, 0) is 24.7 Å². The first-order valence-corrected chi connectivity index (χ1v) is 6.00. The molecule has 0 aliphatic carbocycles. The third kappa shape index (κ3) is 2.90. The second kappa shape index (κ2) is 5.89. The molecule has 17 heavy (non-hydrogen) atoms. The van der Waals surface area contributed by atoms with E-state index >= 15 is 0 Å². The Balaban J connectivity index is 2.21. The van der Waals surface area contributed by atoms with Crippen LogP contribution in [0.1, 0.15) is 17.9 Å². The quantitative estimate of drug-likeness (QED) is 0.824. The monoisotopic (exact) mass is 237 g/mol. The van der Waals surface area contributed by atoms with Crippen LogP contribution in [-0.4, -0.2) is 38.5 Å². The molecule has 4 nitrogen and oxygen atoms in total. The maximum atomic E-state index is 9.36. The lowest BCUT2D eigenvalue weighted by Gasteiger charge is -2.16. The topological polar surface area (TPSA) is 50.7 Å². The molecule has 0 saturated heterocycles. The Morgan fingerprint density at radius 3 is 2.76 bits per heavy atom. The molecule has 0 aromatic heterocycles. The number of ether oxygens (including phenoxy) is 2. The lowest BCUT2D eigenvalue weighted by atomic mass is 9.99. The average molecular weight is 237 g/mol. The molecule has 1 atom stereocenters. The van der Waals surface area contributed by atoms with Crippen molar-refractivity contribution in [3.05, 3.63) is 23.8 Å². The number of hydrogen-bond donors (Lipinski definition) is 2. The summed E-state index contributed by atoms with van der Waals surface area (Å²) in [4.78, 5) is 0. The molecular formula is C13H19NO3. The van der Waals surface area contributed by atoms with Crippen molar-refractivity contribution >= 4 is 0 Å². The van der Waals surface area contributed by atoms with Crippen LogP contribution in [0.25, 0.3) is 0 Å². The molecule has 0 amide bonds. The van der Waals surface area contributed by atoms with Gasteiger partial charge in [0.25, 0.3) is 0 Å². The number of aliphatic hydroxyl groups excluding tert-OH is 1. The summed E-state index contributed by atoms with van der Waals surface area (Å²) in [5.41, 5.74) is 1.08. The Labute approximate surface area is 102 Å². The molecule has 1 heterocycles. The number of likely N-dealkylation sites (N-methyl/N-ethyl adjacent to an activating group) is 1. The Bertz CT molecular complexity index is 368. The maximum absolute atomic E-state index is 9.36. The highest BCUT2D eigenvalue weighted by molar-refractivity contribution is 5.44. The molecule has 4 heteroatoms. The molecule has 0 fully saturated rings. The van der Waals surface area contributed by atoms with E-state index in [2.05, 4.69) is 5.32 Å². The molecular weight excluding hydrogens is 218 g/mol. The fourth-order valence-corrected chi connectivity index (χ4v) is 1.97. The Hall–Kier alpha value is -1.26. The smallest absolute Gasteiger partial charge is 0.161 e. The summed E-state index contributed by atoms with van der Waals surface area (Å²) < 4.78 is 11.2. The molecule has 1 aliphatic heterocycles. The normalized spacial score (nSPS) is 16.4. The van der Waals surface area contributed by atoms with Crippen LogP contribution >= 0.6 is 0 Å². The van der Waals surface area contributed by atoms with Crippen molar-refractivity contribution in [1.29, 1.82) is 0 Å². The van der Waals surface area contributed by atoms with E-state index in [1.54, 1.807) is 0 Å². The lowest BCUT2D eigenvalue weighted by molar-refractivity contribution is 0.262. The lowest BCUT2D eigenvalue weighted by Crippen LogP contribution is -2.20. The van der Waals surface area contributed by atoms with Crippen LogP contribution in [0, 0.1) is 0 Å². The summed E-state index contributed by atoms with van der Waals surface area (Å²) in [7, 11) is 1.88. The van der Waals surface area contributed by atoms with Gasteiger partial charge in [-0.2, -0.15) is 0 Å². The molecule has 2 rings (SSSR count). The highest BCUT2D eigenvalue weighted by atomic mass is 16.5. The minimum Gasteiger partial charge on any atom is -0.490 e. The van der Waals surface area contributed by atoms with Gasteiger partial charge in [-0.25, -0.2) is 0 Å². The molecule has 1 unspecified atom stereocenters. The van der Waals surface area contributed by atoms with Gasteiger partial charge in [-0.15, -0.1) is 0 Å². The predicted octanol–water partition coefficient (Wildman–Crippen LogP) is 1.14. The van der Waals surface area contributed by atoms with Crippen LogP contribution in [0.4, 0.5) is 0 Å². The number of nitrogens with one attached hydrogen (secondary N) is 1. The number of rotatable bonds is 4. The van der Waals surface area contributed by atoms with Gasteiger partial charge in [-0.3, -0.25) is 0 Å². The zero-order chi connectivity index (χ0) is 12.1. The van der Waals surface area contributed by atoms with Gasteiger partial charge in [0.2, 0.25) is 0 Å². The van der Waals surface area contributed by atoms with Crippen LogP contribution in [0.5, 0.6) is 11.5 Å². The Kier molecular flexibility index (Phi) is 4.23. The molecule has 0 spiro atoms. The van der Waals surface area contributed by atoms with Crippen molar-refractivity contribution in [3.63, 3.8) is 0 Å². The van der Waals surface area contributed by atoms with E-state index in [0.717, 1.165) is 30.0 Å². The summed E-state index contributed by atoms with van der Waals surface area (Å²) >= 11 is 0. The number of benzene rings is 1. The van der Waals surface area contributed by atoms with Gasteiger partial charge in [-0.1, -0.05) is 6.07 Å². The van der Waals surface area contributed by atoms with Crippen molar-refractivity contribution in [3.8, 4) is 11.5 Å². The summed E-state index contributed by atoms with van der Waals surface area (Å²) in [6, 6.07) is 5.89. The van der Waals surface area contributed by atoms with Gasteiger partial charge >= 0.3 is 0 Å². The summed E-state index contributed by atoms with van der Waals surface area (Å²) in [6.07, 6.45) is 0.907. The Morgan fingerprint density at radius 2 is 2.06 bits per heavy atom. The third-order valence-corrected chi connectivity index (χ3v) is 2.91. The van der Waals surface area contributed by atoms with E-state index in [1.165, 1.54) is 0 Å². The minimum absolute atomic E-state index is 0.0946. The molecule has 0 bridgehead atoms. The van der Waals surface area contributed by atoms with Crippen LogP contribution in [0.3, 0.4) is 0 Å². The first kappa shape index (κ1) is 12.2. The second-order valence-corrected chi connectivity index (χ2v) is 4.19. The number of aliphatic hydroxyl groups is 1. The largest absolute Gasteiger partial charge is 0.490 e. The summed E-state index contributed by atoms with van der Waals surface area (Å²) in [6.45, 7) is 2.26. The van der Waals surface area contributed by atoms with Crippen LogP contribution in [0.15, 0.2) is 18.2 Å². The second-order valence-electron chi connectivity index (χ2n) is 4.19. The zero-order valence-corrected chi connectivity index (χ0v) is 10.1. The first-order valence-electron chi connectivity index (χ1n) is 6.00. The predicted molar refractivity (Wildman–Crippen MR) is 65.8 cm³/mol. The van der Waals surface area contributed by atoms with Crippen molar-refractivity contribution in [2.45, 2.75) is 12.3 Å². The van der Waals surface area contributed by atoms with E-state index < -0.39 is 0 Å². The molecule has 94 valence electrons. The van der Waals surface area contributed by atoms with Crippen molar-refractivity contribution in [1.82, 2.24) is 5.32 Å². The molecule has 1 aromatic rings. The maximum Gasteiger partial charge on any atom is 0.161 e. The average Bonchev–Trinajstić information content (AvgIpc) is 2.60. The van der Waals surface area contributed by atoms with E-state index in [0.29, 0.717) is 13.2 Å². The third-order valence-electron chi connectivity index (χ3n) is 2.91. The molecule has 2 N–H and O–H groups in total. The molecule has 1 aliphatic rings. The van der Waals surface area contributed by atoms with Crippen LogP contribution < -0.4 is 14.8 Å². The highest BCUT2D eigenvalue weighted by Gasteiger charge is 2.15. The van der Waals surface area contributed by atoms with E-state index in [4.69, 9.17) is 9.47 Å². The van der Waals surface area contributed by atoms with Crippen molar-refractivity contribution < 1.29 is 14.6 Å². The Morgan fingerprint density at radius 1 is 1.29 bits per heavy atom. The fraction of sp³-hybridized carbons (Fsp3) is 0.538. The zero-order valence-electron chi connectivity index (χ0n) is 10.1. The van der Waals surface area contributed by atoms with E-state index in [-0.39, 0.29) is 12.5 Å². The van der Waals surface area contributed by atoms with Crippen molar-refractivity contribution in [2.75, 3.05) is 33.4 Å². The van der Waals surface area contributed by atoms with Crippen LogP contribution in [-0.2, 0) is 0 Å². The standard InChI is InChI=1S/C13H19NO3/c1-14-8-11(9-15)10-3-4-12-13(7-10)17-6-2-5-16-12/h3-4,7,11,14-15H,2,5-6,8-9H2,1H3. The van der Waals surface area contributed by atoms with Crippen LogP contribution in [0.2, 0.25) is 0 Å². The molecule has 0 saturated carbocycles. The van der Waals surface area contributed by atoms with Gasteiger partial charge < -0.3 is 19.9 Å². The van der Waals surface area contributed by atoms with Crippen molar-refractivity contribution in [2.24, 2.45) is 0 Å². The first-order chi connectivity index (χ1) is 8.35. The number of hydrogen-bond acceptors (Lipinski definition) is 4. The van der Waals surface area contributed by atoms with Gasteiger partial charge in [0.05, 0.1) is 19.8 Å². The summed E-state index contributed by atoms with van der Waals surface area (Å²) in [5, 5.41) is 12.4. The van der Waals surface area contributed by atoms with Gasteiger partial charge in [0.15, 0.2) is 11.5 Å². The molecule has 1 aromatic carbocycles. The number of fused-ring (bicyclic) bond motifs is 1. The molecule has 0 radical (unpaired) electrons.